The first-order valence-corrected chi connectivity index (χ1v) is 11.0. The predicted octanol–water partition coefficient (Wildman–Crippen LogP) is 5.51. The molecule has 0 aliphatic carbocycles. The van der Waals surface area contributed by atoms with Crippen LogP contribution < -0.4 is 10.1 Å². The minimum atomic E-state index is -0.186. The molecule has 0 spiro atoms. The topological polar surface area (TPSA) is 38.3 Å². The Kier molecular flexibility index (Phi) is 6.84. The van der Waals surface area contributed by atoms with Gasteiger partial charge in [0.05, 0.1) is 6.04 Å². The molecule has 0 saturated heterocycles. The van der Waals surface area contributed by atoms with Crippen LogP contribution in [0.15, 0.2) is 54.6 Å². The molecule has 0 unspecified atom stereocenters. The molecule has 4 heteroatoms. The highest BCUT2D eigenvalue weighted by Gasteiger charge is 2.38. The summed E-state index contributed by atoms with van der Waals surface area (Å²) < 4.78 is 6.32. The van der Waals surface area contributed by atoms with E-state index in [0.29, 0.717) is 6.42 Å². The van der Waals surface area contributed by atoms with Gasteiger partial charge in [0.2, 0.25) is 5.91 Å². The molecular formula is C23H29NO2S. The van der Waals surface area contributed by atoms with E-state index in [9.17, 15) is 4.79 Å². The third-order valence-corrected chi connectivity index (χ3v) is 6.44. The van der Waals surface area contributed by atoms with Crippen LogP contribution in [0.5, 0.6) is 5.75 Å². The standard InChI is InChI=1S/C23H29NO2S/c1-3-23(4-2)16-20(19-12-8-9-13-21(19)26-23)24-22(25)14-15-27-17-18-10-6-5-7-11-18/h5-13,20H,3-4,14-17H2,1-2H3,(H,24,25)/t20-/m0/s1. The van der Waals surface area contributed by atoms with Crippen LogP contribution in [-0.4, -0.2) is 17.3 Å². The van der Waals surface area contributed by atoms with Gasteiger partial charge in [-0.3, -0.25) is 4.79 Å². The van der Waals surface area contributed by atoms with E-state index in [1.807, 2.05) is 24.3 Å². The lowest BCUT2D eigenvalue weighted by molar-refractivity contribution is -0.122. The molecule has 1 heterocycles. The predicted molar refractivity (Wildman–Crippen MR) is 113 cm³/mol. The zero-order valence-corrected chi connectivity index (χ0v) is 17.1. The van der Waals surface area contributed by atoms with E-state index >= 15 is 0 Å². The lowest BCUT2D eigenvalue weighted by Gasteiger charge is -2.41. The fourth-order valence-corrected chi connectivity index (χ4v) is 4.53. The number of hydrogen-bond donors (Lipinski definition) is 1. The van der Waals surface area contributed by atoms with Gasteiger partial charge in [0.15, 0.2) is 0 Å². The molecule has 0 radical (unpaired) electrons. The minimum absolute atomic E-state index is 0.0291. The summed E-state index contributed by atoms with van der Waals surface area (Å²) in [4.78, 5) is 12.6. The Balaban J connectivity index is 1.56. The molecule has 2 aromatic carbocycles. The van der Waals surface area contributed by atoms with E-state index in [1.54, 1.807) is 11.8 Å². The number of rotatable bonds is 8. The number of para-hydroxylation sites is 1. The van der Waals surface area contributed by atoms with Crippen molar-refractivity contribution in [3.8, 4) is 5.75 Å². The second-order valence-corrected chi connectivity index (χ2v) is 8.25. The van der Waals surface area contributed by atoms with Crippen molar-refractivity contribution >= 4 is 17.7 Å². The van der Waals surface area contributed by atoms with Crippen molar-refractivity contribution in [3.05, 3.63) is 65.7 Å². The number of ether oxygens (including phenoxy) is 1. The van der Waals surface area contributed by atoms with E-state index in [0.717, 1.165) is 42.1 Å². The first kappa shape index (κ1) is 19.8. The van der Waals surface area contributed by atoms with E-state index in [-0.39, 0.29) is 17.6 Å². The van der Waals surface area contributed by atoms with Crippen LogP contribution in [0, 0.1) is 0 Å². The van der Waals surface area contributed by atoms with Gasteiger partial charge in [-0.05, 0) is 24.5 Å². The molecule has 1 amide bonds. The Hall–Kier alpha value is -1.94. The average molecular weight is 384 g/mol. The maximum absolute atomic E-state index is 12.6. The number of thioether (sulfide) groups is 1. The minimum Gasteiger partial charge on any atom is -0.487 e. The first-order valence-electron chi connectivity index (χ1n) is 9.85. The largest absolute Gasteiger partial charge is 0.487 e. The summed E-state index contributed by atoms with van der Waals surface area (Å²) in [6.45, 7) is 4.33. The van der Waals surface area contributed by atoms with E-state index < -0.39 is 0 Å². The van der Waals surface area contributed by atoms with Crippen LogP contribution in [0.1, 0.15) is 56.7 Å². The fraction of sp³-hybridized carbons (Fsp3) is 0.435. The molecule has 1 atom stereocenters. The Labute approximate surface area is 166 Å². The Morgan fingerprint density at radius 2 is 1.81 bits per heavy atom. The lowest BCUT2D eigenvalue weighted by atomic mass is 9.83. The number of nitrogens with one attached hydrogen (secondary N) is 1. The molecule has 0 aromatic heterocycles. The van der Waals surface area contributed by atoms with Gasteiger partial charge in [-0.15, -0.1) is 0 Å². The number of carbonyl (C=O) groups excluding carboxylic acids is 1. The molecular weight excluding hydrogens is 354 g/mol. The van der Waals surface area contributed by atoms with Crippen LogP contribution >= 0.6 is 11.8 Å². The van der Waals surface area contributed by atoms with Crippen molar-refractivity contribution in [1.29, 1.82) is 0 Å². The number of fused-ring (bicyclic) bond motifs is 1. The summed E-state index contributed by atoms with van der Waals surface area (Å²) in [5, 5.41) is 3.26. The number of hydrogen-bond acceptors (Lipinski definition) is 3. The Bertz CT molecular complexity index is 743. The monoisotopic (exact) mass is 383 g/mol. The second-order valence-electron chi connectivity index (χ2n) is 7.14. The summed E-state index contributed by atoms with van der Waals surface area (Å²) in [7, 11) is 0. The van der Waals surface area contributed by atoms with Gasteiger partial charge in [0, 0.05) is 29.9 Å². The van der Waals surface area contributed by atoms with Crippen LogP contribution in [0.4, 0.5) is 0 Å². The van der Waals surface area contributed by atoms with Crippen molar-refractivity contribution in [2.45, 2.75) is 56.9 Å². The fourth-order valence-electron chi connectivity index (χ4n) is 3.63. The van der Waals surface area contributed by atoms with Crippen molar-refractivity contribution in [2.75, 3.05) is 5.75 Å². The van der Waals surface area contributed by atoms with Gasteiger partial charge in [-0.25, -0.2) is 0 Å². The molecule has 0 fully saturated rings. The highest BCUT2D eigenvalue weighted by atomic mass is 32.2. The highest BCUT2D eigenvalue weighted by molar-refractivity contribution is 7.98. The smallest absolute Gasteiger partial charge is 0.221 e. The van der Waals surface area contributed by atoms with Crippen molar-refractivity contribution in [2.24, 2.45) is 0 Å². The maximum Gasteiger partial charge on any atom is 0.221 e. The molecule has 3 nitrogen and oxygen atoms in total. The molecule has 0 bridgehead atoms. The van der Waals surface area contributed by atoms with Crippen LogP contribution in [0.3, 0.4) is 0 Å². The van der Waals surface area contributed by atoms with Crippen molar-refractivity contribution in [3.63, 3.8) is 0 Å². The summed E-state index contributed by atoms with van der Waals surface area (Å²) >= 11 is 1.81. The third-order valence-electron chi connectivity index (χ3n) is 5.41. The van der Waals surface area contributed by atoms with Gasteiger partial charge < -0.3 is 10.1 Å². The first-order chi connectivity index (χ1) is 13.2. The Morgan fingerprint density at radius 3 is 2.56 bits per heavy atom. The third kappa shape index (κ3) is 5.07. The molecule has 2 aromatic rings. The molecule has 1 aliphatic rings. The van der Waals surface area contributed by atoms with Gasteiger partial charge >= 0.3 is 0 Å². The highest BCUT2D eigenvalue weighted by Crippen LogP contribution is 2.42. The second kappa shape index (κ2) is 9.32. The summed E-state index contributed by atoms with van der Waals surface area (Å²) in [5.74, 6) is 2.82. The number of benzene rings is 2. The van der Waals surface area contributed by atoms with E-state index in [4.69, 9.17) is 4.74 Å². The Morgan fingerprint density at radius 1 is 1.11 bits per heavy atom. The zero-order chi connectivity index (χ0) is 19.1. The number of carbonyl (C=O) groups is 1. The van der Waals surface area contributed by atoms with Crippen LogP contribution in [-0.2, 0) is 10.5 Å². The summed E-state index contributed by atoms with van der Waals surface area (Å²) in [6.07, 6.45) is 3.26. The number of amides is 1. The van der Waals surface area contributed by atoms with Crippen LogP contribution in [0.25, 0.3) is 0 Å². The quantitative estimate of drug-likeness (QED) is 0.611. The normalized spacial score (nSPS) is 17.6. The molecule has 1 aliphatic heterocycles. The van der Waals surface area contributed by atoms with E-state index in [2.05, 4.69) is 49.5 Å². The van der Waals surface area contributed by atoms with Gasteiger partial charge in [0.1, 0.15) is 11.4 Å². The molecule has 144 valence electrons. The van der Waals surface area contributed by atoms with Gasteiger partial charge in [0.25, 0.3) is 0 Å². The maximum atomic E-state index is 12.6. The van der Waals surface area contributed by atoms with Gasteiger partial charge in [-0.2, -0.15) is 11.8 Å². The van der Waals surface area contributed by atoms with Crippen molar-refractivity contribution < 1.29 is 9.53 Å². The molecule has 27 heavy (non-hydrogen) atoms. The lowest BCUT2D eigenvalue weighted by Crippen LogP contribution is -2.44. The zero-order valence-electron chi connectivity index (χ0n) is 16.2. The summed E-state index contributed by atoms with van der Waals surface area (Å²) in [5.41, 5.74) is 2.21. The summed E-state index contributed by atoms with van der Waals surface area (Å²) in [6, 6.07) is 18.5. The molecule has 1 N–H and O–H groups in total. The average Bonchev–Trinajstić information content (AvgIpc) is 2.72. The van der Waals surface area contributed by atoms with Gasteiger partial charge in [-0.1, -0.05) is 62.4 Å². The molecule has 0 saturated carbocycles. The van der Waals surface area contributed by atoms with E-state index in [1.165, 1.54) is 5.56 Å². The molecule has 3 rings (SSSR count). The van der Waals surface area contributed by atoms with Crippen LogP contribution in [0.2, 0.25) is 0 Å². The van der Waals surface area contributed by atoms with Crippen molar-refractivity contribution in [1.82, 2.24) is 5.32 Å². The SMILES string of the molecule is CCC1(CC)C[C@H](NC(=O)CCSCc2ccccc2)c2ccccc2O1.